The Bertz CT molecular complexity index is 408. The summed E-state index contributed by atoms with van der Waals surface area (Å²) < 4.78 is 0. The third-order valence-electron chi connectivity index (χ3n) is 1.67. The minimum Gasteiger partial charge on any atom is -0.369 e. The van der Waals surface area contributed by atoms with E-state index in [1.165, 1.54) is 0 Å². The molecule has 1 aliphatic rings. The minimum atomic E-state index is -0.351. The molecule has 0 fully saturated rings. The Morgan fingerprint density at radius 3 is 2.92 bits per heavy atom. The van der Waals surface area contributed by atoms with Crippen molar-refractivity contribution in [1.29, 1.82) is 0 Å². The zero-order chi connectivity index (χ0) is 8.72. The maximum absolute atomic E-state index is 11.1. The number of nitrogen functional groups attached to an aromatic ring is 1. The number of fused-ring (bicyclic) bond motifs is 1. The van der Waals surface area contributed by atoms with Gasteiger partial charge in [0, 0.05) is 0 Å². The lowest BCUT2D eigenvalue weighted by Gasteiger charge is -1.94. The highest BCUT2D eigenvalue weighted by Gasteiger charge is 2.23. The molecular weight excluding hydrogens is 160 g/mol. The van der Waals surface area contributed by atoms with Crippen molar-refractivity contribution in [3.63, 3.8) is 0 Å². The zero-order valence-corrected chi connectivity index (χ0v) is 6.05. The number of aromatic nitrogens is 2. The monoisotopic (exact) mass is 166 g/mol. The van der Waals surface area contributed by atoms with Gasteiger partial charge in [0.2, 0.25) is 5.95 Å². The SMILES string of the molecule is Nc1nc2c(c(=O)[nH]1)CNC2=O. The molecule has 0 spiro atoms. The van der Waals surface area contributed by atoms with Crippen molar-refractivity contribution in [2.45, 2.75) is 6.54 Å². The van der Waals surface area contributed by atoms with E-state index in [1.807, 2.05) is 0 Å². The standard InChI is InChI=1S/C6H6N4O2/c7-6-9-3-2(4(11)10-6)1-8-5(3)12/h1H2,(H,8,12)(H3,7,9,10,11). The van der Waals surface area contributed by atoms with Crippen LogP contribution in [0.3, 0.4) is 0 Å². The third-order valence-corrected chi connectivity index (χ3v) is 1.67. The van der Waals surface area contributed by atoms with Crippen LogP contribution in [0.1, 0.15) is 16.1 Å². The molecule has 0 bridgehead atoms. The highest BCUT2D eigenvalue weighted by molar-refractivity contribution is 5.96. The lowest BCUT2D eigenvalue weighted by molar-refractivity contribution is 0.0961. The fourth-order valence-corrected chi connectivity index (χ4v) is 1.12. The first-order valence-corrected chi connectivity index (χ1v) is 3.35. The molecule has 1 aliphatic heterocycles. The lowest BCUT2D eigenvalue weighted by atomic mass is 10.3. The number of nitrogens with two attached hydrogens (primary N) is 1. The van der Waals surface area contributed by atoms with E-state index in [0.717, 1.165) is 0 Å². The highest BCUT2D eigenvalue weighted by atomic mass is 16.2. The van der Waals surface area contributed by atoms with E-state index >= 15 is 0 Å². The Morgan fingerprint density at radius 1 is 1.42 bits per heavy atom. The molecule has 2 rings (SSSR count). The molecule has 6 nitrogen and oxygen atoms in total. The lowest BCUT2D eigenvalue weighted by Crippen LogP contribution is -2.17. The predicted octanol–water partition coefficient (Wildman–Crippen LogP) is -1.40. The first-order chi connectivity index (χ1) is 5.68. The summed E-state index contributed by atoms with van der Waals surface area (Å²) in [6.45, 7) is 0.233. The number of H-pyrrole nitrogens is 1. The quantitative estimate of drug-likeness (QED) is 0.441. The predicted molar refractivity (Wildman–Crippen MR) is 40.4 cm³/mol. The van der Waals surface area contributed by atoms with Crippen molar-refractivity contribution >= 4 is 11.9 Å². The van der Waals surface area contributed by atoms with E-state index in [9.17, 15) is 9.59 Å². The van der Waals surface area contributed by atoms with Crippen LogP contribution in [0.25, 0.3) is 0 Å². The summed E-state index contributed by atoms with van der Waals surface area (Å²) in [5.41, 5.74) is 5.39. The second-order valence-corrected chi connectivity index (χ2v) is 2.46. The summed E-state index contributed by atoms with van der Waals surface area (Å²) in [4.78, 5) is 28.1. The number of nitrogens with zero attached hydrogens (tertiary/aromatic N) is 1. The van der Waals surface area contributed by atoms with Gasteiger partial charge in [-0.25, -0.2) is 4.98 Å². The number of hydrogen-bond donors (Lipinski definition) is 3. The van der Waals surface area contributed by atoms with Gasteiger partial charge >= 0.3 is 0 Å². The van der Waals surface area contributed by atoms with Crippen LogP contribution in [0.2, 0.25) is 0 Å². The van der Waals surface area contributed by atoms with Crippen LogP contribution in [-0.4, -0.2) is 15.9 Å². The summed E-state index contributed by atoms with van der Waals surface area (Å²) in [5.74, 6) is -0.376. The summed E-state index contributed by atoms with van der Waals surface area (Å²) in [5, 5.41) is 2.48. The second kappa shape index (κ2) is 2.07. The molecule has 12 heavy (non-hydrogen) atoms. The number of nitrogens with one attached hydrogen (secondary N) is 2. The molecule has 0 atom stereocenters. The van der Waals surface area contributed by atoms with Crippen LogP contribution in [0.4, 0.5) is 5.95 Å². The fraction of sp³-hybridized carbons (Fsp3) is 0.167. The van der Waals surface area contributed by atoms with Crippen molar-refractivity contribution < 1.29 is 4.79 Å². The van der Waals surface area contributed by atoms with Gasteiger partial charge in [0.15, 0.2) is 0 Å². The number of carbonyl (C=O) groups excluding carboxylic acids is 1. The van der Waals surface area contributed by atoms with Gasteiger partial charge in [-0.05, 0) is 0 Å². The molecule has 4 N–H and O–H groups in total. The van der Waals surface area contributed by atoms with Crippen LogP contribution in [0.15, 0.2) is 4.79 Å². The van der Waals surface area contributed by atoms with Crippen LogP contribution < -0.4 is 16.6 Å². The van der Waals surface area contributed by atoms with Gasteiger partial charge in [0.1, 0.15) is 5.69 Å². The van der Waals surface area contributed by atoms with E-state index in [2.05, 4.69) is 15.3 Å². The Morgan fingerprint density at radius 2 is 2.17 bits per heavy atom. The Kier molecular flexibility index (Phi) is 1.18. The smallest absolute Gasteiger partial charge is 0.270 e. The molecule has 6 heteroatoms. The molecule has 1 amide bonds. The van der Waals surface area contributed by atoms with Gasteiger partial charge in [-0.2, -0.15) is 0 Å². The first kappa shape index (κ1) is 6.84. The summed E-state index contributed by atoms with van der Waals surface area (Å²) in [7, 11) is 0. The van der Waals surface area contributed by atoms with Crippen molar-refractivity contribution in [3.05, 3.63) is 21.6 Å². The average Bonchev–Trinajstić information content (AvgIpc) is 2.33. The third kappa shape index (κ3) is 0.777. The highest BCUT2D eigenvalue weighted by Crippen LogP contribution is 2.07. The summed E-state index contributed by atoms with van der Waals surface area (Å²) in [6, 6.07) is 0. The molecule has 0 unspecified atom stereocenters. The van der Waals surface area contributed by atoms with Crippen LogP contribution in [-0.2, 0) is 6.54 Å². The fourth-order valence-electron chi connectivity index (χ4n) is 1.12. The van der Waals surface area contributed by atoms with Crippen molar-refractivity contribution in [2.75, 3.05) is 5.73 Å². The van der Waals surface area contributed by atoms with Gasteiger partial charge in [0.25, 0.3) is 11.5 Å². The summed E-state index contributed by atoms with van der Waals surface area (Å²) in [6.07, 6.45) is 0. The second-order valence-electron chi connectivity index (χ2n) is 2.46. The Labute approximate surface area is 66.8 Å². The van der Waals surface area contributed by atoms with Crippen LogP contribution >= 0.6 is 0 Å². The molecular formula is C6H6N4O2. The van der Waals surface area contributed by atoms with Crippen molar-refractivity contribution in [3.8, 4) is 0 Å². The van der Waals surface area contributed by atoms with E-state index in [-0.39, 0.29) is 29.7 Å². The number of rotatable bonds is 0. The zero-order valence-electron chi connectivity index (χ0n) is 6.05. The number of carbonyl (C=O) groups is 1. The van der Waals surface area contributed by atoms with E-state index in [1.54, 1.807) is 0 Å². The van der Waals surface area contributed by atoms with Gasteiger partial charge in [-0.1, -0.05) is 0 Å². The molecule has 0 aliphatic carbocycles. The van der Waals surface area contributed by atoms with Crippen LogP contribution in [0, 0.1) is 0 Å². The van der Waals surface area contributed by atoms with Gasteiger partial charge in [0.05, 0.1) is 12.1 Å². The molecule has 1 aromatic rings. The number of aromatic amines is 1. The molecule has 2 heterocycles. The van der Waals surface area contributed by atoms with E-state index < -0.39 is 0 Å². The number of hydrogen-bond acceptors (Lipinski definition) is 4. The summed E-state index contributed by atoms with van der Waals surface area (Å²) >= 11 is 0. The average molecular weight is 166 g/mol. The normalized spacial score (nSPS) is 14.2. The topological polar surface area (TPSA) is 101 Å². The first-order valence-electron chi connectivity index (χ1n) is 3.35. The maximum atomic E-state index is 11.1. The van der Waals surface area contributed by atoms with Crippen molar-refractivity contribution in [1.82, 2.24) is 15.3 Å². The molecule has 1 aromatic heterocycles. The number of amides is 1. The maximum Gasteiger partial charge on any atom is 0.270 e. The van der Waals surface area contributed by atoms with E-state index in [4.69, 9.17) is 5.73 Å². The minimum absolute atomic E-state index is 0.0317. The molecule has 0 saturated carbocycles. The molecule has 62 valence electrons. The van der Waals surface area contributed by atoms with Gasteiger partial charge < -0.3 is 11.1 Å². The number of anilines is 1. The van der Waals surface area contributed by atoms with Gasteiger partial charge in [-0.3, -0.25) is 14.6 Å². The largest absolute Gasteiger partial charge is 0.369 e. The molecule has 0 aromatic carbocycles. The Hall–Kier alpha value is -1.85. The Balaban J connectivity index is 2.76. The van der Waals surface area contributed by atoms with Crippen LogP contribution in [0.5, 0.6) is 0 Å². The van der Waals surface area contributed by atoms with Crippen molar-refractivity contribution in [2.24, 2.45) is 0 Å². The van der Waals surface area contributed by atoms with Gasteiger partial charge in [-0.15, -0.1) is 0 Å². The van der Waals surface area contributed by atoms with E-state index in [0.29, 0.717) is 5.56 Å². The molecule has 0 radical (unpaired) electrons. The molecule has 0 saturated heterocycles.